The van der Waals surface area contributed by atoms with E-state index in [1.807, 2.05) is 6.07 Å². The molecule has 2 aromatic rings. The molecule has 0 aliphatic rings. The van der Waals surface area contributed by atoms with Crippen LogP contribution < -0.4 is 0 Å². The Morgan fingerprint density at radius 2 is 2.21 bits per heavy atom. The summed E-state index contributed by atoms with van der Waals surface area (Å²) < 4.78 is 13.2. The quantitative estimate of drug-likeness (QED) is 0.931. The van der Waals surface area contributed by atoms with Gasteiger partial charge in [0.1, 0.15) is 11.9 Å². The van der Waals surface area contributed by atoms with Gasteiger partial charge in [-0.2, -0.15) is 5.26 Å². The number of rotatable bonds is 3. The predicted molar refractivity (Wildman–Crippen MR) is 66.4 cm³/mol. The summed E-state index contributed by atoms with van der Waals surface area (Å²) in [5.41, 5.74) is 0.0357. The molecule has 0 atom stereocenters. The van der Waals surface area contributed by atoms with Crippen LogP contribution in [0.1, 0.15) is 15.9 Å². The molecule has 4 nitrogen and oxygen atoms in total. The van der Waals surface area contributed by atoms with Crippen LogP contribution in [0.15, 0.2) is 46.5 Å². The minimum atomic E-state index is -1.33. The maximum absolute atomic E-state index is 13.2. The molecule has 1 aromatic heterocycles. The summed E-state index contributed by atoms with van der Waals surface area (Å²) >= 11 is 1.16. The molecule has 19 heavy (non-hydrogen) atoms. The van der Waals surface area contributed by atoms with Crippen LogP contribution in [0.25, 0.3) is 0 Å². The molecule has 0 fully saturated rings. The average molecular weight is 274 g/mol. The highest BCUT2D eigenvalue weighted by Gasteiger charge is 2.12. The number of aromatic carboxylic acids is 1. The molecule has 0 radical (unpaired) electrons. The highest BCUT2D eigenvalue weighted by molar-refractivity contribution is 7.99. The Morgan fingerprint density at radius 3 is 2.89 bits per heavy atom. The van der Waals surface area contributed by atoms with Crippen molar-refractivity contribution in [3.63, 3.8) is 0 Å². The van der Waals surface area contributed by atoms with E-state index in [-0.39, 0.29) is 0 Å². The Morgan fingerprint density at radius 1 is 1.42 bits per heavy atom. The van der Waals surface area contributed by atoms with E-state index < -0.39 is 17.3 Å². The van der Waals surface area contributed by atoms with Crippen LogP contribution in [0, 0.1) is 17.1 Å². The lowest BCUT2D eigenvalue weighted by Crippen LogP contribution is -2.00. The van der Waals surface area contributed by atoms with Gasteiger partial charge in [-0.15, -0.1) is 0 Å². The van der Waals surface area contributed by atoms with E-state index >= 15 is 0 Å². The second-order valence-electron chi connectivity index (χ2n) is 3.53. The second-order valence-corrected chi connectivity index (χ2v) is 4.65. The molecule has 6 heteroatoms. The molecule has 0 saturated carbocycles. The van der Waals surface area contributed by atoms with Crippen LogP contribution in [0.3, 0.4) is 0 Å². The van der Waals surface area contributed by atoms with E-state index in [9.17, 15) is 9.18 Å². The van der Waals surface area contributed by atoms with Crippen molar-refractivity contribution in [2.75, 3.05) is 0 Å². The number of hydrogen-bond donors (Lipinski definition) is 1. The van der Waals surface area contributed by atoms with Crippen LogP contribution in [-0.4, -0.2) is 16.1 Å². The van der Waals surface area contributed by atoms with Crippen molar-refractivity contribution in [1.29, 1.82) is 5.26 Å². The number of carbonyl (C=O) groups is 1. The first-order chi connectivity index (χ1) is 9.11. The normalized spacial score (nSPS) is 9.89. The van der Waals surface area contributed by atoms with Gasteiger partial charge < -0.3 is 5.11 Å². The van der Waals surface area contributed by atoms with Crippen LogP contribution >= 0.6 is 11.8 Å². The summed E-state index contributed by atoms with van der Waals surface area (Å²) in [4.78, 5) is 15.9. The lowest BCUT2D eigenvalue weighted by atomic mass is 10.2. The number of benzene rings is 1. The summed E-state index contributed by atoms with van der Waals surface area (Å²) in [5.74, 6) is -2.12. The van der Waals surface area contributed by atoms with Crippen molar-refractivity contribution in [3.05, 3.63) is 53.6 Å². The third-order valence-electron chi connectivity index (χ3n) is 2.30. The van der Waals surface area contributed by atoms with E-state index in [0.717, 1.165) is 17.8 Å². The summed E-state index contributed by atoms with van der Waals surface area (Å²) in [7, 11) is 0. The molecule has 0 aliphatic carbocycles. The van der Waals surface area contributed by atoms with Gasteiger partial charge in [-0.05, 0) is 24.3 Å². The molecule has 1 N–H and O–H groups in total. The lowest BCUT2D eigenvalue weighted by Gasteiger charge is -2.04. The summed E-state index contributed by atoms with van der Waals surface area (Å²) in [6.45, 7) is 0. The van der Waals surface area contributed by atoms with E-state index in [2.05, 4.69) is 4.98 Å². The first-order valence-corrected chi connectivity index (χ1v) is 5.98. The number of pyridine rings is 1. The minimum absolute atomic E-state index is 0.396. The van der Waals surface area contributed by atoms with Crippen LogP contribution in [0.4, 0.5) is 4.39 Å². The summed E-state index contributed by atoms with van der Waals surface area (Å²) in [5, 5.41) is 17.8. The number of hydrogen-bond acceptors (Lipinski definition) is 4. The van der Waals surface area contributed by atoms with Gasteiger partial charge in [-0.3, -0.25) is 4.98 Å². The van der Waals surface area contributed by atoms with E-state index in [0.29, 0.717) is 15.4 Å². The number of aromatic nitrogens is 1. The Bertz CT molecular complexity index is 683. The number of carboxylic acid groups (broad SMARTS) is 1. The fourth-order valence-corrected chi connectivity index (χ4v) is 2.32. The molecular weight excluding hydrogens is 267 g/mol. The third kappa shape index (κ3) is 2.89. The van der Waals surface area contributed by atoms with Crippen molar-refractivity contribution >= 4 is 17.7 Å². The highest BCUT2D eigenvalue weighted by Crippen LogP contribution is 2.30. The standard InChI is InChI=1S/C13H7FN2O2S/c14-11-2-1-9(5-10(11)13(17)18)19-12-7-16-4-3-8(12)6-15/h1-5,7H,(H,17,18). The van der Waals surface area contributed by atoms with Crippen molar-refractivity contribution in [2.45, 2.75) is 9.79 Å². The molecular formula is C13H7FN2O2S. The lowest BCUT2D eigenvalue weighted by molar-refractivity contribution is 0.0691. The highest BCUT2D eigenvalue weighted by atomic mass is 32.2. The monoisotopic (exact) mass is 274 g/mol. The molecule has 94 valence electrons. The third-order valence-corrected chi connectivity index (χ3v) is 3.34. The van der Waals surface area contributed by atoms with Crippen molar-refractivity contribution in [1.82, 2.24) is 4.98 Å². The second kappa shape index (κ2) is 5.50. The minimum Gasteiger partial charge on any atom is -0.478 e. The number of nitriles is 1. The molecule has 0 bridgehead atoms. The SMILES string of the molecule is N#Cc1ccncc1Sc1ccc(F)c(C(=O)O)c1. The summed E-state index contributed by atoms with van der Waals surface area (Å²) in [6.07, 6.45) is 3.00. The van der Waals surface area contributed by atoms with E-state index in [1.165, 1.54) is 24.5 Å². The zero-order chi connectivity index (χ0) is 13.8. The molecule has 0 aliphatic heterocycles. The van der Waals surface area contributed by atoms with Crippen LogP contribution in [0.2, 0.25) is 0 Å². The largest absolute Gasteiger partial charge is 0.478 e. The molecule has 0 spiro atoms. The zero-order valence-electron chi connectivity index (χ0n) is 9.50. The first-order valence-electron chi connectivity index (χ1n) is 5.16. The first kappa shape index (κ1) is 13.1. The molecule has 1 heterocycles. The van der Waals surface area contributed by atoms with Gasteiger partial charge in [0.05, 0.1) is 11.1 Å². The number of halogens is 1. The zero-order valence-corrected chi connectivity index (χ0v) is 10.3. The molecule has 2 rings (SSSR count). The fraction of sp³-hybridized carbons (Fsp3) is 0. The van der Waals surface area contributed by atoms with Crippen LogP contribution in [-0.2, 0) is 0 Å². The van der Waals surface area contributed by atoms with Gasteiger partial charge in [0.25, 0.3) is 0 Å². The molecule has 0 unspecified atom stereocenters. The van der Waals surface area contributed by atoms with E-state index in [1.54, 1.807) is 6.07 Å². The fourth-order valence-electron chi connectivity index (χ4n) is 1.41. The Balaban J connectivity index is 2.37. The van der Waals surface area contributed by atoms with Gasteiger partial charge in [0, 0.05) is 22.2 Å². The Kier molecular flexibility index (Phi) is 3.78. The maximum Gasteiger partial charge on any atom is 0.338 e. The van der Waals surface area contributed by atoms with Gasteiger partial charge in [0.15, 0.2) is 0 Å². The van der Waals surface area contributed by atoms with Gasteiger partial charge in [-0.1, -0.05) is 11.8 Å². The molecule has 0 amide bonds. The predicted octanol–water partition coefficient (Wildman–Crippen LogP) is 2.94. The average Bonchev–Trinajstić information content (AvgIpc) is 2.41. The summed E-state index contributed by atoms with van der Waals surface area (Å²) in [6, 6.07) is 7.36. The number of nitrogens with zero attached hydrogens (tertiary/aromatic N) is 2. The van der Waals surface area contributed by atoms with Crippen LogP contribution in [0.5, 0.6) is 0 Å². The molecule has 0 saturated heterocycles. The van der Waals surface area contributed by atoms with Gasteiger partial charge in [0.2, 0.25) is 0 Å². The van der Waals surface area contributed by atoms with E-state index in [4.69, 9.17) is 10.4 Å². The van der Waals surface area contributed by atoms with Crippen molar-refractivity contribution in [2.24, 2.45) is 0 Å². The van der Waals surface area contributed by atoms with Gasteiger partial charge in [-0.25, -0.2) is 9.18 Å². The van der Waals surface area contributed by atoms with Crippen molar-refractivity contribution < 1.29 is 14.3 Å². The molecule has 1 aromatic carbocycles. The number of carboxylic acids is 1. The van der Waals surface area contributed by atoms with Gasteiger partial charge >= 0.3 is 5.97 Å². The topological polar surface area (TPSA) is 74.0 Å². The Hall–Kier alpha value is -2.39. The van der Waals surface area contributed by atoms with Crippen molar-refractivity contribution in [3.8, 4) is 6.07 Å². The maximum atomic E-state index is 13.2. The Labute approximate surface area is 112 Å². The smallest absolute Gasteiger partial charge is 0.338 e.